The maximum absolute atomic E-state index is 12.7. The molecule has 0 spiro atoms. The number of nitrogens with zero attached hydrogens (tertiary/aromatic N) is 1. The zero-order valence-electron chi connectivity index (χ0n) is 13.9. The average molecular weight is 373 g/mol. The van der Waals surface area contributed by atoms with Gasteiger partial charge in [-0.1, -0.05) is 37.5 Å². The lowest BCUT2D eigenvalue weighted by Gasteiger charge is -2.20. The van der Waals surface area contributed by atoms with Crippen molar-refractivity contribution in [1.29, 1.82) is 0 Å². The summed E-state index contributed by atoms with van der Waals surface area (Å²) in [5.41, 5.74) is 1.77. The standard InChI is InChI=1S/C19H20N2O2S2/c22-18(21-19-20-10-11-24-19)17-15(12-25-13-6-2-1-3-7-13)14-8-4-5-9-16(14)23-17/h4-5,8-11,13H,1-3,6-7,12H2,(H,20,21,22). The molecular formula is C19H20N2O2S2. The maximum Gasteiger partial charge on any atom is 0.293 e. The summed E-state index contributed by atoms with van der Waals surface area (Å²) in [5.74, 6) is 1.01. The van der Waals surface area contributed by atoms with Gasteiger partial charge in [-0.2, -0.15) is 11.8 Å². The van der Waals surface area contributed by atoms with Gasteiger partial charge in [-0.3, -0.25) is 10.1 Å². The van der Waals surface area contributed by atoms with Gasteiger partial charge in [0, 0.05) is 33.5 Å². The zero-order valence-corrected chi connectivity index (χ0v) is 15.5. The number of aromatic nitrogens is 1. The van der Waals surface area contributed by atoms with Crippen LogP contribution in [0.4, 0.5) is 5.13 Å². The number of nitrogens with one attached hydrogen (secondary N) is 1. The van der Waals surface area contributed by atoms with Gasteiger partial charge >= 0.3 is 0 Å². The SMILES string of the molecule is O=C(Nc1nccs1)c1oc2ccccc2c1CSC1CCCCC1. The van der Waals surface area contributed by atoms with Crippen LogP contribution in [0.1, 0.15) is 48.2 Å². The summed E-state index contributed by atoms with van der Waals surface area (Å²) >= 11 is 3.36. The summed E-state index contributed by atoms with van der Waals surface area (Å²) < 4.78 is 5.90. The third-order valence-corrected chi connectivity index (χ3v) is 6.66. The molecule has 0 radical (unpaired) electrons. The van der Waals surface area contributed by atoms with Gasteiger partial charge in [0.2, 0.25) is 0 Å². The van der Waals surface area contributed by atoms with Crippen molar-refractivity contribution in [2.45, 2.75) is 43.1 Å². The summed E-state index contributed by atoms with van der Waals surface area (Å²) in [6, 6.07) is 7.89. The van der Waals surface area contributed by atoms with Crippen LogP contribution in [0.15, 0.2) is 40.3 Å². The fraction of sp³-hybridized carbons (Fsp3) is 0.368. The largest absolute Gasteiger partial charge is 0.451 e. The highest BCUT2D eigenvalue weighted by Gasteiger charge is 2.23. The molecule has 3 aromatic rings. The third kappa shape index (κ3) is 3.75. The number of furan rings is 1. The second kappa shape index (κ2) is 7.62. The Morgan fingerprint density at radius 3 is 2.92 bits per heavy atom. The van der Waals surface area contributed by atoms with Gasteiger partial charge in [0.15, 0.2) is 10.9 Å². The lowest BCUT2D eigenvalue weighted by Crippen LogP contribution is -2.13. The normalized spacial score (nSPS) is 15.5. The summed E-state index contributed by atoms with van der Waals surface area (Å²) in [4.78, 5) is 16.8. The number of amides is 1. The molecule has 0 saturated heterocycles. The molecule has 1 aliphatic carbocycles. The van der Waals surface area contributed by atoms with Crippen molar-refractivity contribution >= 4 is 45.1 Å². The van der Waals surface area contributed by atoms with Crippen LogP contribution < -0.4 is 5.32 Å². The van der Waals surface area contributed by atoms with E-state index < -0.39 is 0 Å². The molecule has 0 aliphatic heterocycles. The summed E-state index contributed by atoms with van der Waals surface area (Å²) in [6.07, 6.45) is 8.23. The molecule has 2 heterocycles. The summed E-state index contributed by atoms with van der Waals surface area (Å²) in [6.45, 7) is 0. The van der Waals surface area contributed by atoms with E-state index in [1.54, 1.807) is 6.20 Å². The van der Waals surface area contributed by atoms with Crippen molar-refractivity contribution in [3.63, 3.8) is 0 Å². The molecule has 1 fully saturated rings. The second-order valence-corrected chi connectivity index (χ2v) is 8.45. The minimum atomic E-state index is -0.217. The predicted molar refractivity (Wildman–Crippen MR) is 104 cm³/mol. The van der Waals surface area contributed by atoms with E-state index in [0.29, 0.717) is 16.1 Å². The molecule has 1 N–H and O–H groups in total. The molecule has 1 aliphatic rings. The monoisotopic (exact) mass is 372 g/mol. The van der Waals surface area contributed by atoms with Gasteiger partial charge < -0.3 is 4.42 Å². The van der Waals surface area contributed by atoms with Crippen molar-refractivity contribution in [3.8, 4) is 0 Å². The van der Waals surface area contributed by atoms with E-state index in [4.69, 9.17) is 4.42 Å². The number of hydrogen-bond acceptors (Lipinski definition) is 5. The molecular weight excluding hydrogens is 352 g/mol. The van der Waals surface area contributed by atoms with E-state index in [1.165, 1.54) is 43.4 Å². The average Bonchev–Trinajstić information content (AvgIpc) is 3.28. The highest BCUT2D eigenvalue weighted by atomic mass is 32.2. The fourth-order valence-electron chi connectivity index (χ4n) is 3.30. The molecule has 130 valence electrons. The quantitative estimate of drug-likeness (QED) is 0.623. The Labute approximate surface area is 155 Å². The molecule has 1 saturated carbocycles. The van der Waals surface area contributed by atoms with Crippen LogP contribution in [0, 0.1) is 0 Å². The Kier molecular flexibility index (Phi) is 5.08. The van der Waals surface area contributed by atoms with E-state index in [1.807, 2.05) is 41.4 Å². The highest BCUT2D eigenvalue weighted by molar-refractivity contribution is 7.99. The number of rotatable bonds is 5. The smallest absolute Gasteiger partial charge is 0.293 e. The van der Waals surface area contributed by atoms with E-state index in [9.17, 15) is 4.79 Å². The second-order valence-electron chi connectivity index (χ2n) is 6.27. The Morgan fingerprint density at radius 2 is 2.12 bits per heavy atom. The number of thioether (sulfide) groups is 1. The van der Waals surface area contributed by atoms with Crippen molar-refractivity contribution in [2.24, 2.45) is 0 Å². The van der Waals surface area contributed by atoms with Crippen molar-refractivity contribution in [1.82, 2.24) is 4.98 Å². The van der Waals surface area contributed by atoms with Crippen LogP contribution in [-0.2, 0) is 5.75 Å². The molecule has 0 bridgehead atoms. The van der Waals surface area contributed by atoms with Crippen LogP contribution in [0.2, 0.25) is 0 Å². The number of benzene rings is 1. The van der Waals surface area contributed by atoms with E-state index in [-0.39, 0.29) is 5.91 Å². The van der Waals surface area contributed by atoms with Gasteiger partial charge in [-0.05, 0) is 18.9 Å². The first-order valence-corrected chi connectivity index (χ1v) is 10.6. The number of carbonyl (C=O) groups excluding carboxylic acids is 1. The molecule has 2 aromatic heterocycles. The fourth-order valence-corrected chi connectivity index (χ4v) is 5.18. The number of hydrogen-bond donors (Lipinski definition) is 1. The van der Waals surface area contributed by atoms with Crippen molar-refractivity contribution < 1.29 is 9.21 Å². The lowest BCUT2D eigenvalue weighted by molar-refractivity contribution is 0.0998. The molecule has 1 aromatic carbocycles. The zero-order chi connectivity index (χ0) is 17.1. The number of anilines is 1. The maximum atomic E-state index is 12.7. The van der Waals surface area contributed by atoms with E-state index in [2.05, 4.69) is 10.3 Å². The van der Waals surface area contributed by atoms with Gasteiger partial charge in [-0.15, -0.1) is 11.3 Å². The Bertz CT molecular complexity index is 852. The lowest BCUT2D eigenvalue weighted by atomic mass is 10.0. The first-order chi connectivity index (χ1) is 12.3. The number of para-hydroxylation sites is 1. The van der Waals surface area contributed by atoms with Crippen LogP contribution in [0.5, 0.6) is 0 Å². The van der Waals surface area contributed by atoms with Crippen LogP contribution >= 0.6 is 23.1 Å². The van der Waals surface area contributed by atoms with E-state index in [0.717, 1.165) is 22.3 Å². The predicted octanol–water partition coefficient (Wildman–Crippen LogP) is 5.71. The molecule has 4 rings (SSSR count). The number of thiazole rings is 1. The van der Waals surface area contributed by atoms with Crippen molar-refractivity contribution in [3.05, 3.63) is 47.2 Å². The minimum Gasteiger partial charge on any atom is -0.451 e. The Balaban J connectivity index is 1.59. The van der Waals surface area contributed by atoms with Gasteiger partial charge in [-0.25, -0.2) is 4.98 Å². The number of fused-ring (bicyclic) bond motifs is 1. The molecule has 0 atom stereocenters. The molecule has 6 heteroatoms. The topological polar surface area (TPSA) is 55.1 Å². The number of carbonyl (C=O) groups is 1. The van der Waals surface area contributed by atoms with Crippen LogP contribution in [-0.4, -0.2) is 16.1 Å². The highest BCUT2D eigenvalue weighted by Crippen LogP contribution is 2.35. The third-order valence-electron chi connectivity index (χ3n) is 4.57. The molecule has 0 unspecified atom stereocenters. The Hall–Kier alpha value is -1.79. The minimum absolute atomic E-state index is 0.217. The first-order valence-electron chi connectivity index (χ1n) is 8.64. The molecule has 4 nitrogen and oxygen atoms in total. The van der Waals surface area contributed by atoms with Crippen LogP contribution in [0.3, 0.4) is 0 Å². The summed E-state index contributed by atoms with van der Waals surface area (Å²) in [5, 5.41) is 7.01. The molecule has 25 heavy (non-hydrogen) atoms. The first kappa shape index (κ1) is 16.7. The molecule has 1 amide bonds. The summed E-state index contributed by atoms with van der Waals surface area (Å²) in [7, 11) is 0. The van der Waals surface area contributed by atoms with E-state index >= 15 is 0 Å². The Morgan fingerprint density at radius 1 is 1.28 bits per heavy atom. The van der Waals surface area contributed by atoms with Gasteiger partial charge in [0.25, 0.3) is 5.91 Å². The van der Waals surface area contributed by atoms with Crippen LogP contribution in [0.25, 0.3) is 11.0 Å². The van der Waals surface area contributed by atoms with Crippen molar-refractivity contribution in [2.75, 3.05) is 5.32 Å². The van der Waals surface area contributed by atoms with Gasteiger partial charge in [0.1, 0.15) is 5.58 Å². The van der Waals surface area contributed by atoms with Gasteiger partial charge in [0.05, 0.1) is 0 Å².